The van der Waals surface area contributed by atoms with Crippen LogP contribution < -0.4 is 4.72 Å². The van der Waals surface area contributed by atoms with Crippen LogP contribution in [0, 0.1) is 0 Å². The first kappa shape index (κ1) is 15.6. The Morgan fingerprint density at radius 1 is 1.00 bits per heavy atom. The summed E-state index contributed by atoms with van der Waals surface area (Å²) in [5, 5.41) is 10.1. The highest BCUT2D eigenvalue weighted by Gasteiger charge is 2.22. The van der Waals surface area contributed by atoms with Crippen molar-refractivity contribution in [2.45, 2.75) is 10.9 Å². The van der Waals surface area contributed by atoms with Crippen LogP contribution in [-0.4, -0.2) is 25.1 Å². The number of pyridine rings is 1. The molecule has 2 N–H and O–H groups in total. The van der Waals surface area contributed by atoms with Crippen molar-refractivity contribution in [1.82, 2.24) is 9.71 Å². The Kier molecular flexibility index (Phi) is 4.38. The van der Waals surface area contributed by atoms with Gasteiger partial charge in [0.15, 0.2) is 0 Å². The van der Waals surface area contributed by atoms with Gasteiger partial charge in [-0.3, -0.25) is 4.98 Å². The molecule has 1 heterocycles. The van der Waals surface area contributed by atoms with Crippen molar-refractivity contribution < 1.29 is 13.5 Å². The number of aliphatic hydroxyl groups is 1. The first-order valence-electron chi connectivity index (χ1n) is 7.14. The fraction of sp³-hybridized carbons (Fsp3) is 0.118. The maximum absolute atomic E-state index is 12.7. The molecule has 3 aromatic rings. The Morgan fingerprint density at radius 2 is 1.78 bits per heavy atom. The molecule has 0 unspecified atom stereocenters. The first-order chi connectivity index (χ1) is 11.1. The fourth-order valence-corrected chi connectivity index (χ4v) is 3.89. The van der Waals surface area contributed by atoms with E-state index in [4.69, 9.17) is 0 Å². The number of hydrogen-bond donors (Lipinski definition) is 2. The van der Waals surface area contributed by atoms with E-state index in [2.05, 4.69) is 9.71 Å². The zero-order valence-corrected chi connectivity index (χ0v) is 13.1. The van der Waals surface area contributed by atoms with E-state index < -0.39 is 16.1 Å². The van der Waals surface area contributed by atoms with Crippen molar-refractivity contribution in [1.29, 1.82) is 0 Å². The highest BCUT2D eigenvalue weighted by molar-refractivity contribution is 7.89. The van der Waals surface area contributed by atoms with Crippen molar-refractivity contribution in [3.05, 3.63) is 72.4 Å². The van der Waals surface area contributed by atoms with Gasteiger partial charge in [0.1, 0.15) is 0 Å². The van der Waals surface area contributed by atoms with E-state index >= 15 is 0 Å². The first-order valence-corrected chi connectivity index (χ1v) is 8.62. The number of aliphatic hydroxyl groups excluding tert-OH is 1. The topological polar surface area (TPSA) is 79.3 Å². The van der Waals surface area contributed by atoms with Gasteiger partial charge in [-0.05, 0) is 29.8 Å². The summed E-state index contributed by atoms with van der Waals surface area (Å²) in [5.74, 6) is 0. The number of nitrogens with zero attached hydrogens (tertiary/aromatic N) is 1. The van der Waals surface area contributed by atoms with E-state index in [9.17, 15) is 13.5 Å². The van der Waals surface area contributed by atoms with Gasteiger partial charge < -0.3 is 5.11 Å². The minimum absolute atomic E-state index is 0.150. The molecule has 2 aromatic carbocycles. The van der Waals surface area contributed by atoms with Crippen molar-refractivity contribution >= 4 is 20.9 Å². The largest absolute Gasteiger partial charge is 0.394 e. The molecule has 0 saturated heterocycles. The molecule has 0 fully saturated rings. The number of nitrogens with one attached hydrogen (secondary N) is 1. The molecule has 0 bridgehead atoms. The Morgan fingerprint density at radius 3 is 2.52 bits per heavy atom. The third kappa shape index (κ3) is 3.24. The van der Waals surface area contributed by atoms with Crippen LogP contribution in [0.25, 0.3) is 10.9 Å². The van der Waals surface area contributed by atoms with Crippen LogP contribution in [0.4, 0.5) is 0 Å². The number of benzene rings is 2. The van der Waals surface area contributed by atoms with Gasteiger partial charge in [0.2, 0.25) is 10.0 Å². The Labute approximate surface area is 134 Å². The molecule has 118 valence electrons. The summed E-state index contributed by atoms with van der Waals surface area (Å²) in [5.41, 5.74) is 1.31. The second-order valence-corrected chi connectivity index (χ2v) is 6.78. The molecule has 5 nitrogen and oxygen atoms in total. The molecule has 3 rings (SSSR count). The van der Waals surface area contributed by atoms with Crippen molar-refractivity contribution in [3.8, 4) is 0 Å². The smallest absolute Gasteiger partial charge is 0.241 e. The third-order valence-corrected chi connectivity index (χ3v) is 5.11. The molecular formula is C17H16N2O3S. The van der Waals surface area contributed by atoms with Crippen LogP contribution in [0.5, 0.6) is 0 Å². The van der Waals surface area contributed by atoms with Gasteiger partial charge in [-0.2, -0.15) is 0 Å². The van der Waals surface area contributed by atoms with Crippen LogP contribution in [0.1, 0.15) is 11.6 Å². The Balaban J connectivity index is 2.01. The summed E-state index contributed by atoms with van der Waals surface area (Å²) in [6, 6.07) is 16.6. The summed E-state index contributed by atoms with van der Waals surface area (Å²) in [4.78, 5) is 4.32. The molecule has 6 heteroatoms. The van der Waals surface area contributed by atoms with Gasteiger partial charge in [-0.25, -0.2) is 13.1 Å². The van der Waals surface area contributed by atoms with Gasteiger partial charge >= 0.3 is 0 Å². The lowest BCUT2D eigenvalue weighted by Gasteiger charge is -2.17. The molecule has 1 atom stereocenters. The lowest BCUT2D eigenvalue weighted by Crippen LogP contribution is -2.31. The average molecular weight is 328 g/mol. The number of sulfonamides is 1. The summed E-state index contributed by atoms with van der Waals surface area (Å²) >= 11 is 0. The van der Waals surface area contributed by atoms with Crippen molar-refractivity contribution in [2.24, 2.45) is 0 Å². The van der Waals surface area contributed by atoms with Gasteiger partial charge in [-0.15, -0.1) is 0 Å². The van der Waals surface area contributed by atoms with Crippen molar-refractivity contribution in [2.75, 3.05) is 6.61 Å². The maximum Gasteiger partial charge on any atom is 0.241 e. The molecule has 0 aliphatic heterocycles. The van der Waals surface area contributed by atoms with Crippen LogP contribution >= 0.6 is 0 Å². The maximum atomic E-state index is 12.7. The molecular weight excluding hydrogens is 312 g/mol. The molecule has 1 aromatic heterocycles. The summed E-state index contributed by atoms with van der Waals surface area (Å²) < 4.78 is 28.0. The van der Waals surface area contributed by atoms with E-state index in [0.29, 0.717) is 16.5 Å². The number of hydrogen-bond acceptors (Lipinski definition) is 4. The van der Waals surface area contributed by atoms with E-state index in [1.165, 1.54) is 6.07 Å². The van der Waals surface area contributed by atoms with E-state index in [1.807, 2.05) is 6.07 Å². The standard InChI is InChI=1S/C17H16N2O3S/c20-12-16(13-6-2-1-3-7-13)19-23(21,22)17-10-4-9-15-14(17)8-5-11-18-15/h1-11,16,19-20H,12H2/t16-/m0/s1. The van der Waals surface area contributed by atoms with Crippen LogP contribution in [0.2, 0.25) is 0 Å². The van der Waals surface area contributed by atoms with Crippen LogP contribution in [0.15, 0.2) is 71.8 Å². The Hall–Kier alpha value is -2.28. The number of aromatic nitrogens is 1. The summed E-state index contributed by atoms with van der Waals surface area (Å²) in [6.45, 7) is -0.327. The third-order valence-electron chi connectivity index (χ3n) is 3.58. The molecule has 0 aliphatic carbocycles. The van der Waals surface area contributed by atoms with E-state index in [1.54, 1.807) is 54.7 Å². The lowest BCUT2D eigenvalue weighted by atomic mass is 10.1. The van der Waals surface area contributed by atoms with Gasteiger partial charge in [0.05, 0.1) is 23.1 Å². The normalized spacial score (nSPS) is 13.1. The molecule has 0 amide bonds. The van der Waals surface area contributed by atoms with Crippen LogP contribution in [0.3, 0.4) is 0 Å². The predicted octanol–water partition coefficient (Wildman–Crippen LogP) is 2.25. The highest BCUT2D eigenvalue weighted by Crippen LogP contribution is 2.23. The summed E-state index contributed by atoms with van der Waals surface area (Å²) in [7, 11) is -3.80. The SMILES string of the molecule is O=S(=O)(N[C@@H](CO)c1ccccc1)c1cccc2ncccc12. The van der Waals surface area contributed by atoms with Gasteiger partial charge in [0.25, 0.3) is 0 Å². The molecule has 0 radical (unpaired) electrons. The average Bonchev–Trinajstić information content (AvgIpc) is 2.60. The molecule has 0 aliphatic rings. The lowest BCUT2D eigenvalue weighted by molar-refractivity contribution is 0.259. The van der Waals surface area contributed by atoms with E-state index in [0.717, 1.165) is 0 Å². The zero-order chi connectivity index (χ0) is 16.3. The monoisotopic (exact) mass is 328 g/mol. The highest BCUT2D eigenvalue weighted by atomic mass is 32.2. The number of rotatable bonds is 5. The molecule has 0 saturated carbocycles. The second-order valence-electron chi connectivity index (χ2n) is 5.09. The Bertz CT molecular complexity index is 906. The fourth-order valence-electron chi connectivity index (χ4n) is 2.46. The quantitative estimate of drug-likeness (QED) is 0.753. The molecule has 0 spiro atoms. The number of fused-ring (bicyclic) bond motifs is 1. The second kappa shape index (κ2) is 6.45. The molecule has 23 heavy (non-hydrogen) atoms. The van der Waals surface area contributed by atoms with Gasteiger partial charge in [-0.1, -0.05) is 36.4 Å². The van der Waals surface area contributed by atoms with Crippen molar-refractivity contribution in [3.63, 3.8) is 0 Å². The zero-order valence-electron chi connectivity index (χ0n) is 12.3. The van der Waals surface area contributed by atoms with Crippen LogP contribution in [-0.2, 0) is 10.0 Å². The minimum Gasteiger partial charge on any atom is -0.394 e. The van der Waals surface area contributed by atoms with Gasteiger partial charge in [0, 0.05) is 11.6 Å². The predicted molar refractivity (Wildman–Crippen MR) is 88.3 cm³/mol. The minimum atomic E-state index is -3.80. The summed E-state index contributed by atoms with van der Waals surface area (Å²) in [6.07, 6.45) is 1.62. The van der Waals surface area contributed by atoms with E-state index in [-0.39, 0.29) is 11.5 Å².